The molecule has 0 unspecified atom stereocenters. The van der Waals surface area contributed by atoms with E-state index in [0.29, 0.717) is 5.92 Å². The van der Waals surface area contributed by atoms with Crippen molar-refractivity contribution in [2.45, 2.75) is 45.4 Å². The van der Waals surface area contributed by atoms with Crippen LogP contribution in [-0.4, -0.2) is 30.3 Å². The smallest absolute Gasteiger partial charge is 0.173 e. The average Bonchev–Trinajstić information content (AvgIpc) is 3.31. The third-order valence-corrected chi connectivity index (χ3v) is 5.61. The Balaban J connectivity index is 1.67. The van der Waals surface area contributed by atoms with Crippen LogP contribution in [0.3, 0.4) is 0 Å². The Kier molecular flexibility index (Phi) is 4.70. The van der Waals surface area contributed by atoms with Gasteiger partial charge < -0.3 is 15.0 Å². The molecule has 1 aromatic carbocycles. The van der Waals surface area contributed by atoms with Gasteiger partial charge in [0.15, 0.2) is 11.6 Å². The highest BCUT2D eigenvalue weighted by Gasteiger charge is 2.26. The Labute approximate surface area is 155 Å². The molecule has 1 aromatic heterocycles. The van der Waals surface area contributed by atoms with Crippen molar-refractivity contribution in [3.63, 3.8) is 0 Å². The Morgan fingerprint density at radius 3 is 2.81 bits per heavy atom. The number of benzene rings is 1. The number of nitrogens with zero attached hydrogens (tertiary/aromatic N) is 3. The second kappa shape index (κ2) is 7.14. The number of methoxy groups -OCH3 is 1. The predicted octanol–water partition coefficient (Wildman–Crippen LogP) is 4.66. The van der Waals surface area contributed by atoms with E-state index in [9.17, 15) is 0 Å². The maximum atomic E-state index is 5.59. The fourth-order valence-corrected chi connectivity index (χ4v) is 4.04. The molecular formula is C21H28N4O. The van der Waals surface area contributed by atoms with Crippen LogP contribution >= 0.6 is 0 Å². The number of hydrogen-bond donors (Lipinski definition) is 1. The summed E-state index contributed by atoms with van der Waals surface area (Å²) < 4.78 is 5.59. The van der Waals surface area contributed by atoms with E-state index < -0.39 is 0 Å². The molecule has 1 aliphatic heterocycles. The van der Waals surface area contributed by atoms with E-state index >= 15 is 0 Å². The summed E-state index contributed by atoms with van der Waals surface area (Å²) >= 11 is 0. The zero-order valence-electron chi connectivity index (χ0n) is 16.0. The van der Waals surface area contributed by atoms with E-state index in [2.05, 4.69) is 41.2 Å². The predicted molar refractivity (Wildman–Crippen MR) is 106 cm³/mol. The fourth-order valence-electron chi connectivity index (χ4n) is 4.04. The molecule has 2 aromatic rings. The average molecular weight is 352 g/mol. The summed E-state index contributed by atoms with van der Waals surface area (Å²) in [6.45, 7) is 6.28. The van der Waals surface area contributed by atoms with Gasteiger partial charge in [-0.05, 0) is 42.4 Å². The monoisotopic (exact) mass is 352 g/mol. The lowest BCUT2D eigenvalue weighted by Gasteiger charge is -2.21. The van der Waals surface area contributed by atoms with E-state index in [1.807, 2.05) is 12.3 Å². The molecule has 0 atom stereocenters. The highest BCUT2D eigenvalue weighted by molar-refractivity contribution is 5.74. The molecule has 26 heavy (non-hydrogen) atoms. The van der Waals surface area contributed by atoms with Gasteiger partial charge in [-0.3, -0.25) is 0 Å². The molecule has 0 radical (unpaired) electrons. The number of rotatable bonds is 5. The molecule has 1 saturated carbocycles. The molecule has 2 heterocycles. The Morgan fingerprint density at radius 2 is 2.08 bits per heavy atom. The number of nitrogens with one attached hydrogen (secondary N) is 1. The molecule has 138 valence electrons. The summed E-state index contributed by atoms with van der Waals surface area (Å²) in [7, 11) is 1.71. The van der Waals surface area contributed by atoms with Crippen LogP contribution in [0.1, 0.15) is 51.0 Å². The van der Waals surface area contributed by atoms with Gasteiger partial charge in [-0.25, -0.2) is 9.97 Å². The number of fused-ring (bicyclic) bond motifs is 1. The largest absolute Gasteiger partial charge is 0.496 e. The SMILES string of the molecule is COc1ccc(C(C)C)cc1-c1cnc2c(n1)N(CC1CCCC1)CN2. The molecule has 0 amide bonds. The second-order valence-electron chi connectivity index (χ2n) is 7.75. The van der Waals surface area contributed by atoms with Crippen molar-refractivity contribution < 1.29 is 4.74 Å². The molecule has 0 spiro atoms. The highest BCUT2D eigenvalue weighted by atomic mass is 16.5. The zero-order valence-corrected chi connectivity index (χ0v) is 16.0. The van der Waals surface area contributed by atoms with Gasteiger partial charge in [0.25, 0.3) is 0 Å². The van der Waals surface area contributed by atoms with Gasteiger partial charge in [0.05, 0.1) is 25.7 Å². The molecule has 0 saturated heterocycles. The van der Waals surface area contributed by atoms with Crippen molar-refractivity contribution >= 4 is 11.6 Å². The maximum Gasteiger partial charge on any atom is 0.173 e. The van der Waals surface area contributed by atoms with Crippen molar-refractivity contribution in [2.24, 2.45) is 5.92 Å². The normalized spacial score (nSPS) is 16.8. The minimum atomic E-state index is 0.461. The molecule has 0 bridgehead atoms. The van der Waals surface area contributed by atoms with Gasteiger partial charge in [0.2, 0.25) is 0 Å². The maximum absolute atomic E-state index is 5.59. The first kappa shape index (κ1) is 17.1. The summed E-state index contributed by atoms with van der Waals surface area (Å²) in [5, 5.41) is 3.38. The van der Waals surface area contributed by atoms with Crippen molar-refractivity contribution in [1.82, 2.24) is 9.97 Å². The zero-order chi connectivity index (χ0) is 18.1. The molecule has 5 nitrogen and oxygen atoms in total. The van der Waals surface area contributed by atoms with Gasteiger partial charge in [-0.2, -0.15) is 0 Å². The van der Waals surface area contributed by atoms with Crippen LogP contribution in [-0.2, 0) is 0 Å². The number of hydrogen-bond acceptors (Lipinski definition) is 5. The summed E-state index contributed by atoms with van der Waals surface area (Å²) in [5.74, 6) is 3.96. The van der Waals surface area contributed by atoms with Crippen molar-refractivity contribution in [3.8, 4) is 17.0 Å². The first-order valence-electron chi connectivity index (χ1n) is 9.70. The third-order valence-electron chi connectivity index (χ3n) is 5.61. The summed E-state index contributed by atoms with van der Waals surface area (Å²) in [4.78, 5) is 12.0. The van der Waals surface area contributed by atoms with Gasteiger partial charge in [0.1, 0.15) is 5.75 Å². The van der Waals surface area contributed by atoms with Crippen LogP contribution in [0.15, 0.2) is 24.4 Å². The Morgan fingerprint density at radius 1 is 1.27 bits per heavy atom. The van der Waals surface area contributed by atoms with Crippen molar-refractivity contribution in [2.75, 3.05) is 30.5 Å². The third kappa shape index (κ3) is 3.22. The first-order chi connectivity index (χ1) is 12.7. The quantitative estimate of drug-likeness (QED) is 0.848. The van der Waals surface area contributed by atoms with Crippen LogP contribution in [0.4, 0.5) is 11.6 Å². The fraction of sp³-hybridized carbons (Fsp3) is 0.524. The first-order valence-corrected chi connectivity index (χ1v) is 9.70. The minimum absolute atomic E-state index is 0.461. The molecule has 2 aliphatic rings. The summed E-state index contributed by atoms with van der Waals surface area (Å²) in [6.07, 6.45) is 7.26. The molecule has 1 N–H and O–H groups in total. The standard InChI is InChI=1S/C21H28N4O/c1-14(2)16-8-9-19(26-3)17(10-16)18-11-22-20-21(24-18)25(13-23-20)12-15-6-4-5-7-15/h8-11,14-15H,4-7,12-13H2,1-3H3,(H,22,23). The van der Waals surface area contributed by atoms with E-state index in [4.69, 9.17) is 9.72 Å². The minimum Gasteiger partial charge on any atom is -0.496 e. The van der Waals surface area contributed by atoms with E-state index in [1.165, 1.54) is 31.2 Å². The van der Waals surface area contributed by atoms with Crippen LogP contribution < -0.4 is 15.0 Å². The molecular weight excluding hydrogens is 324 g/mol. The van der Waals surface area contributed by atoms with Gasteiger partial charge in [-0.1, -0.05) is 32.8 Å². The summed E-state index contributed by atoms with van der Waals surface area (Å²) in [5.41, 5.74) is 3.17. The molecule has 1 fully saturated rings. The van der Waals surface area contributed by atoms with E-state index in [0.717, 1.165) is 47.8 Å². The van der Waals surface area contributed by atoms with Crippen molar-refractivity contribution in [1.29, 1.82) is 0 Å². The van der Waals surface area contributed by atoms with Gasteiger partial charge >= 0.3 is 0 Å². The highest BCUT2D eigenvalue weighted by Crippen LogP contribution is 2.36. The van der Waals surface area contributed by atoms with Crippen LogP contribution in [0.5, 0.6) is 5.75 Å². The lowest BCUT2D eigenvalue weighted by molar-refractivity contribution is 0.416. The summed E-state index contributed by atoms with van der Waals surface area (Å²) in [6, 6.07) is 6.35. The second-order valence-corrected chi connectivity index (χ2v) is 7.75. The van der Waals surface area contributed by atoms with E-state index in [-0.39, 0.29) is 0 Å². The molecule has 5 heteroatoms. The number of aromatic nitrogens is 2. The van der Waals surface area contributed by atoms with Crippen molar-refractivity contribution in [3.05, 3.63) is 30.0 Å². The topological polar surface area (TPSA) is 50.3 Å². The van der Waals surface area contributed by atoms with Gasteiger partial charge in [-0.15, -0.1) is 0 Å². The lowest BCUT2D eigenvalue weighted by atomic mass is 9.99. The van der Waals surface area contributed by atoms with Crippen LogP contribution in [0.2, 0.25) is 0 Å². The van der Waals surface area contributed by atoms with Crippen LogP contribution in [0, 0.1) is 5.92 Å². The molecule has 4 rings (SSSR count). The molecule has 1 aliphatic carbocycles. The van der Waals surface area contributed by atoms with Crippen LogP contribution in [0.25, 0.3) is 11.3 Å². The Bertz CT molecular complexity index is 784. The number of anilines is 2. The number of ether oxygens (including phenoxy) is 1. The van der Waals surface area contributed by atoms with Gasteiger partial charge in [0, 0.05) is 12.1 Å². The lowest BCUT2D eigenvalue weighted by Crippen LogP contribution is -2.28. The Hall–Kier alpha value is -2.30. The van der Waals surface area contributed by atoms with E-state index in [1.54, 1.807) is 7.11 Å².